The van der Waals surface area contributed by atoms with Gasteiger partial charge in [-0.15, -0.1) is 0 Å². The Bertz CT molecular complexity index is 615. The molecule has 2 rings (SSSR count). The van der Waals surface area contributed by atoms with Gasteiger partial charge in [-0.25, -0.2) is 9.78 Å². The second-order valence-corrected chi connectivity index (χ2v) is 4.71. The number of pyridine rings is 2. The van der Waals surface area contributed by atoms with E-state index >= 15 is 0 Å². The molecule has 10 heteroatoms. The molecular formula is C17H26Cl2N4O4. The predicted octanol–water partition coefficient (Wildman–Crippen LogP) is 2.22. The van der Waals surface area contributed by atoms with Crippen LogP contribution < -0.4 is 11.5 Å². The molecule has 0 aromatic carbocycles. The van der Waals surface area contributed by atoms with Gasteiger partial charge in [0.15, 0.2) is 5.78 Å². The average molecular weight is 421 g/mol. The number of esters is 1. The maximum atomic E-state index is 10.9. The van der Waals surface area contributed by atoms with E-state index in [2.05, 4.69) is 20.4 Å². The number of hydrogen-bond donors (Lipinski definition) is 3. The Morgan fingerprint density at radius 3 is 1.81 bits per heavy atom. The number of carbonyl (C=O) groups excluding carboxylic acids is 2. The molecule has 0 saturated carbocycles. The first-order valence-corrected chi connectivity index (χ1v) is 7.80. The number of nitrogens with zero attached hydrogens (tertiary/aromatic N) is 2. The molecular weight excluding hydrogens is 395 g/mol. The smallest absolute Gasteiger partial charge is 0.356 e. The summed E-state index contributed by atoms with van der Waals surface area (Å²) in [6.07, 6.45) is 2.93. The molecule has 0 radical (unpaired) electrons. The lowest BCUT2D eigenvalue weighted by Gasteiger charge is -1.96. The van der Waals surface area contributed by atoms with Gasteiger partial charge in [-0.2, -0.15) is 0 Å². The van der Waals surface area contributed by atoms with Crippen molar-refractivity contribution in [3.63, 3.8) is 0 Å². The molecule has 2 heterocycles. The van der Waals surface area contributed by atoms with Crippen molar-refractivity contribution in [1.82, 2.24) is 9.97 Å². The third-order valence-electron chi connectivity index (χ3n) is 2.31. The summed E-state index contributed by atoms with van der Waals surface area (Å²) in [4.78, 5) is 29.3. The first kappa shape index (κ1) is 29.7. The fraction of sp³-hybridized carbons (Fsp3) is 0.294. The third-order valence-corrected chi connectivity index (χ3v) is 2.78. The molecule has 2 aromatic rings. The van der Waals surface area contributed by atoms with Crippen LogP contribution in [0.5, 0.6) is 0 Å². The highest BCUT2D eigenvalue weighted by molar-refractivity contribution is 6.31. The highest BCUT2D eigenvalue weighted by atomic mass is 35.5. The summed E-state index contributed by atoms with van der Waals surface area (Å²) in [6, 6.07) is 6.15. The van der Waals surface area contributed by atoms with Crippen molar-refractivity contribution in [3.8, 4) is 0 Å². The van der Waals surface area contributed by atoms with Gasteiger partial charge in [-0.05, 0) is 31.3 Å². The Kier molecular flexibility index (Phi) is 20.5. The minimum Gasteiger partial charge on any atom is -0.464 e. The number of aromatic nitrogens is 2. The van der Waals surface area contributed by atoms with Crippen molar-refractivity contribution in [2.24, 2.45) is 11.5 Å². The number of methoxy groups -OCH3 is 1. The van der Waals surface area contributed by atoms with Crippen molar-refractivity contribution < 1.29 is 19.4 Å². The summed E-state index contributed by atoms with van der Waals surface area (Å²) in [6.45, 7) is -0.0344. The first-order chi connectivity index (χ1) is 12.5. The Morgan fingerprint density at radius 2 is 1.44 bits per heavy atom. The fourth-order valence-electron chi connectivity index (χ4n) is 1.28. The summed E-state index contributed by atoms with van der Waals surface area (Å²) in [5.74, 6) is -0.681. The molecule has 0 bridgehead atoms. The highest BCUT2D eigenvalue weighted by Crippen LogP contribution is 2.08. The molecule has 2 aromatic heterocycles. The first-order valence-electron chi connectivity index (χ1n) is 7.05. The maximum absolute atomic E-state index is 10.9. The van der Waals surface area contributed by atoms with Crippen LogP contribution in [0.15, 0.2) is 36.7 Å². The van der Waals surface area contributed by atoms with Gasteiger partial charge in [0, 0.05) is 29.5 Å². The minimum absolute atomic E-state index is 0. The lowest BCUT2D eigenvalue weighted by atomic mass is 10.2. The fourth-order valence-corrected chi connectivity index (χ4v) is 1.60. The number of halogens is 2. The summed E-state index contributed by atoms with van der Waals surface area (Å²) in [5, 5.41) is 7.97. The van der Waals surface area contributed by atoms with E-state index in [9.17, 15) is 9.59 Å². The van der Waals surface area contributed by atoms with Gasteiger partial charge in [0.2, 0.25) is 0 Å². The van der Waals surface area contributed by atoms with Crippen LogP contribution in [0, 0.1) is 0 Å². The lowest BCUT2D eigenvalue weighted by Crippen LogP contribution is -2.14. The minimum atomic E-state index is -0.479. The van der Waals surface area contributed by atoms with Crippen LogP contribution in [0.3, 0.4) is 0 Å². The zero-order valence-corrected chi connectivity index (χ0v) is 16.2. The van der Waals surface area contributed by atoms with E-state index in [0.29, 0.717) is 15.7 Å². The van der Waals surface area contributed by atoms with Crippen LogP contribution in [0.2, 0.25) is 10.0 Å². The average Bonchev–Trinajstić information content (AvgIpc) is 2.70. The number of ketones is 1. The van der Waals surface area contributed by atoms with Gasteiger partial charge in [0.1, 0.15) is 11.4 Å². The Hall–Kier alpha value is -2.10. The van der Waals surface area contributed by atoms with Crippen molar-refractivity contribution >= 4 is 35.0 Å². The molecule has 152 valence electrons. The monoisotopic (exact) mass is 420 g/mol. The molecule has 0 aliphatic rings. The van der Waals surface area contributed by atoms with E-state index in [1.807, 2.05) is 0 Å². The summed E-state index contributed by atoms with van der Waals surface area (Å²) in [7, 11) is 3.80. The van der Waals surface area contributed by atoms with Gasteiger partial charge in [-0.1, -0.05) is 30.6 Å². The van der Waals surface area contributed by atoms with Crippen molar-refractivity contribution in [2.75, 3.05) is 27.8 Å². The molecule has 0 atom stereocenters. The van der Waals surface area contributed by atoms with Crippen LogP contribution in [0.4, 0.5) is 0 Å². The van der Waals surface area contributed by atoms with Crippen molar-refractivity contribution in [3.05, 3.63) is 58.1 Å². The van der Waals surface area contributed by atoms with Crippen LogP contribution in [-0.4, -0.2) is 54.6 Å². The topological polar surface area (TPSA) is 141 Å². The molecule has 5 N–H and O–H groups in total. The molecule has 0 spiro atoms. The quantitative estimate of drug-likeness (QED) is 0.506. The van der Waals surface area contributed by atoms with E-state index in [-0.39, 0.29) is 25.4 Å². The number of aliphatic hydroxyl groups is 1. The zero-order chi connectivity index (χ0) is 20.5. The van der Waals surface area contributed by atoms with Gasteiger partial charge >= 0.3 is 5.97 Å². The number of aliphatic hydroxyl groups excluding tert-OH is 1. The largest absolute Gasteiger partial charge is 0.464 e. The summed E-state index contributed by atoms with van der Waals surface area (Å²) in [5.41, 5.74) is 10.2. The second kappa shape index (κ2) is 18.7. The molecule has 8 nitrogen and oxygen atoms in total. The van der Waals surface area contributed by atoms with Crippen molar-refractivity contribution in [1.29, 1.82) is 0 Å². The highest BCUT2D eigenvalue weighted by Gasteiger charge is 2.05. The number of Topliss-reactive ketones (excluding diaryl/α,β-unsaturated/α-hetero) is 1. The predicted molar refractivity (Wildman–Crippen MR) is 108 cm³/mol. The Morgan fingerprint density at radius 1 is 1.04 bits per heavy atom. The molecule has 0 saturated heterocycles. The number of rotatable bonds is 3. The maximum Gasteiger partial charge on any atom is 0.356 e. The SMILES string of the molecule is C.CN.CO.COC(=O)c1cc(Cl)ccn1.NCC(=O)c1cc(Cl)ccn1. The Labute approximate surface area is 169 Å². The van der Waals surface area contributed by atoms with Crippen molar-refractivity contribution in [2.45, 2.75) is 7.43 Å². The summed E-state index contributed by atoms with van der Waals surface area (Å²) >= 11 is 11.2. The molecule has 0 unspecified atom stereocenters. The standard InChI is InChI=1S/C7H7ClN2O.C7H6ClNO2.CH5N.CH4O.CH4/c8-5-1-2-10-6(3-5)7(11)4-9;1-11-7(10)6-4-5(8)2-3-9-6;2*1-2;/h1-3H,4,9H2;2-4H,1H3;2H2,1H3;2H,1H3;1H4. The van der Waals surface area contributed by atoms with Gasteiger partial charge in [0.25, 0.3) is 0 Å². The van der Waals surface area contributed by atoms with Gasteiger partial charge in [-0.3, -0.25) is 9.78 Å². The van der Waals surface area contributed by atoms with Crippen LogP contribution >= 0.6 is 23.2 Å². The number of nitrogens with two attached hydrogens (primary N) is 2. The lowest BCUT2D eigenvalue weighted by molar-refractivity contribution is 0.0594. The summed E-state index contributed by atoms with van der Waals surface area (Å²) < 4.78 is 4.43. The zero-order valence-electron chi connectivity index (χ0n) is 14.6. The van der Waals surface area contributed by atoms with Crippen LogP contribution in [-0.2, 0) is 4.74 Å². The number of carbonyl (C=O) groups is 2. The van der Waals surface area contributed by atoms with E-state index in [0.717, 1.165) is 7.11 Å². The Balaban J connectivity index is -0.000000349. The number of ether oxygens (including phenoxy) is 1. The molecule has 0 aliphatic carbocycles. The second-order valence-electron chi connectivity index (χ2n) is 3.84. The normalized spacial score (nSPS) is 8.15. The van der Waals surface area contributed by atoms with Gasteiger partial charge in [0.05, 0.1) is 13.7 Å². The van der Waals surface area contributed by atoms with E-state index in [1.54, 1.807) is 12.1 Å². The molecule has 0 amide bonds. The molecule has 27 heavy (non-hydrogen) atoms. The van der Waals surface area contributed by atoms with E-state index in [1.165, 1.54) is 38.7 Å². The van der Waals surface area contributed by atoms with E-state index < -0.39 is 5.97 Å². The van der Waals surface area contributed by atoms with E-state index in [4.69, 9.17) is 34.0 Å². The molecule has 0 fully saturated rings. The van der Waals surface area contributed by atoms with Gasteiger partial charge < -0.3 is 21.3 Å². The number of hydrogen-bond acceptors (Lipinski definition) is 8. The van der Waals surface area contributed by atoms with Crippen LogP contribution in [0.25, 0.3) is 0 Å². The third kappa shape index (κ3) is 12.8. The molecule has 0 aliphatic heterocycles. The van der Waals surface area contributed by atoms with Crippen LogP contribution in [0.1, 0.15) is 28.4 Å².